The normalized spacial score (nSPS) is 10.3. The second-order valence-electron chi connectivity index (χ2n) is 5.96. The Labute approximate surface area is 175 Å². The summed E-state index contributed by atoms with van der Waals surface area (Å²) in [5.41, 5.74) is 1.17. The molecule has 2 heterocycles. The maximum atomic E-state index is 12.6. The first-order valence-electron chi connectivity index (χ1n) is 8.56. The van der Waals surface area contributed by atoms with Crippen molar-refractivity contribution >= 4 is 45.0 Å². The summed E-state index contributed by atoms with van der Waals surface area (Å²) in [7, 11) is 1.54. The van der Waals surface area contributed by atoms with E-state index in [2.05, 4.69) is 31.5 Å². The SMILES string of the molecule is CN(C(=O)c1ccc(Br)o1)c1ccccc1C(=O)NCC(=O)Nc1cccnc1. The number of benzene rings is 1. The largest absolute Gasteiger partial charge is 0.444 e. The van der Waals surface area contributed by atoms with Crippen LogP contribution in [0.3, 0.4) is 0 Å². The number of hydrogen-bond acceptors (Lipinski definition) is 5. The number of aromatic nitrogens is 1. The highest BCUT2D eigenvalue weighted by Crippen LogP contribution is 2.23. The Kier molecular flexibility index (Phi) is 6.40. The minimum atomic E-state index is -0.484. The highest BCUT2D eigenvalue weighted by Gasteiger charge is 2.22. The van der Waals surface area contributed by atoms with Gasteiger partial charge in [-0.3, -0.25) is 19.4 Å². The van der Waals surface area contributed by atoms with Crippen LogP contribution in [0.4, 0.5) is 11.4 Å². The summed E-state index contributed by atoms with van der Waals surface area (Å²) < 4.78 is 5.72. The van der Waals surface area contributed by atoms with Crippen LogP contribution in [0, 0.1) is 0 Å². The third kappa shape index (κ3) is 5.08. The van der Waals surface area contributed by atoms with E-state index in [4.69, 9.17) is 4.42 Å². The molecule has 29 heavy (non-hydrogen) atoms. The Morgan fingerprint density at radius 3 is 2.59 bits per heavy atom. The average Bonchev–Trinajstić information content (AvgIpc) is 3.18. The minimum Gasteiger partial charge on any atom is -0.444 e. The number of pyridine rings is 1. The van der Waals surface area contributed by atoms with Gasteiger partial charge in [0.2, 0.25) is 5.91 Å². The fraction of sp³-hybridized carbons (Fsp3) is 0.100. The molecule has 0 spiro atoms. The van der Waals surface area contributed by atoms with E-state index in [-0.39, 0.29) is 17.9 Å². The highest BCUT2D eigenvalue weighted by atomic mass is 79.9. The van der Waals surface area contributed by atoms with Gasteiger partial charge in [0, 0.05) is 13.2 Å². The molecule has 0 unspecified atom stereocenters. The van der Waals surface area contributed by atoms with E-state index in [1.807, 2.05) is 0 Å². The molecule has 1 aromatic carbocycles. The van der Waals surface area contributed by atoms with Crippen molar-refractivity contribution in [3.63, 3.8) is 0 Å². The van der Waals surface area contributed by atoms with E-state index < -0.39 is 17.7 Å². The van der Waals surface area contributed by atoms with Crippen LogP contribution in [-0.4, -0.2) is 36.3 Å². The number of nitrogens with one attached hydrogen (secondary N) is 2. The minimum absolute atomic E-state index is 0.130. The van der Waals surface area contributed by atoms with E-state index >= 15 is 0 Å². The van der Waals surface area contributed by atoms with E-state index in [0.29, 0.717) is 16.0 Å². The van der Waals surface area contributed by atoms with Gasteiger partial charge in [0.1, 0.15) is 0 Å². The third-order valence-electron chi connectivity index (χ3n) is 3.95. The number of carbonyl (C=O) groups is 3. The van der Waals surface area contributed by atoms with Crippen molar-refractivity contribution < 1.29 is 18.8 Å². The lowest BCUT2D eigenvalue weighted by molar-refractivity contribution is -0.115. The molecule has 2 aromatic heterocycles. The molecular weight excluding hydrogens is 440 g/mol. The number of hydrogen-bond donors (Lipinski definition) is 2. The number of carbonyl (C=O) groups excluding carboxylic acids is 3. The van der Waals surface area contributed by atoms with Gasteiger partial charge in [-0.05, 0) is 52.3 Å². The highest BCUT2D eigenvalue weighted by molar-refractivity contribution is 9.10. The fourth-order valence-electron chi connectivity index (χ4n) is 2.56. The smallest absolute Gasteiger partial charge is 0.293 e. The van der Waals surface area contributed by atoms with Gasteiger partial charge in [0.15, 0.2) is 10.4 Å². The van der Waals surface area contributed by atoms with E-state index in [1.54, 1.807) is 55.7 Å². The van der Waals surface area contributed by atoms with Crippen LogP contribution in [0.2, 0.25) is 0 Å². The van der Waals surface area contributed by atoms with Crippen LogP contribution in [0.5, 0.6) is 0 Å². The molecule has 3 rings (SSSR count). The van der Waals surface area contributed by atoms with E-state index in [9.17, 15) is 14.4 Å². The van der Waals surface area contributed by atoms with Crippen LogP contribution in [0.25, 0.3) is 0 Å². The molecule has 0 radical (unpaired) electrons. The molecule has 3 aromatic rings. The number of halogens is 1. The Morgan fingerprint density at radius 2 is 1.90 bits per heavy atom. The quantitative estimate of drug-likeness (QED) is 0.592. The molecule has 9 heteroatoms. The Morgan fingerprint density at radius 1 is 1.10 bits per heavy atom. The van der Waals surface area contributed by atoms with E-state index in [1.165, 1.54) is 17.2 Å². The molecule has 3 amide bonds. The average molecular weight is 457 g/mol. The standard InChI is InChI=1S/C20H17BrN4O4/c1-25(20(28)16-8-9-17(21)29-16)15-7-3-2-6-14(15)19(27)23-12-18(26)24-13-5-4-10-22-11-13/h2-11H,12H2,1H3,(H,23,27)(H,24,26). The summed E-state index contributed by atoms with van der Waals surface area (Å²) in [4.78, 5) is 42.5. The monoisotopic (exact) mass is 456 g/mol. The predicted octanol–water partition coefficient (Wildman–Crippen LogP) is 3.08. The van der Waals surface area contributed by atoms with Crippen LogP contribution in [0.1, 0.15) is 20.9 Å². The number of anilines is 2. The number of nitrogens with zero attached hydrogens (tertiary/aromatic N) is 2. The zero-order valence-electron chi connectivity index (χ0n) is 15.4. The molecule has 0 aliphatic carbocycles. The van der Waals surface area contributed by atoms with Gasteiger partial charge in [-0.1, -0.05) is 12.1 Å². The molecule has 8 nitrogen and oxygen atoms in total. The molecule has 2 N–H and O–H groups in total. The van der Waals surface area contributed by atoms with Crippen molar-refractivity contribution in [1.82, 2.24) is 10.3 Å². The maximum Gasteiger partial charge on any atom is 0.293 e. The summed E-state index contributed by atoms with van der Waals surface area (Å²) in [6.45, 7) is -0.231. The van der Waals surface area contributed by atoms with Gasteiger partial charge in [-0.25, -0.2) is 0 Å². The Bertz CT molecular complexity index is 1040. The van der Waals surface area contributed by atoms with Gasteiger partial charge in [0.05, 0.1) is 29.7 Å². The first-order chi connectivity index (χ1) is 14.0. The molecular formula is C20H17BrN4O4. The lowest BCUT2D eigenvalue weighted by Gasteiger charge is -2.19. The van der Waals surface area contributed by atoms with Crippen LogP contribution >= 0.6 is 15.9 Å². The molecule has 0 bridgehead atoms. The summed E-state index contributed by atoms with van der Waals surface area (Å²) in [5, 5.41) is 5.19. The summed E-state index contributed by atoms with van der Waals surface area (Å²) in [5.74, 6) is -1.16. The topological polar surface area (TPSA) is 105 Å². The first-order valence-corrected chi connectivity index (χ1v) is 9.35. The molecule has 0 aliphatic heterocycles. The van der Waals surface area contributed by atoms with Crippen molar-refractivity contribution in [3.05, 3.63) is 76.9 Å². The summed E-state index contributed by atoms with van der Waals surface area (Å²) in [6, 6.07) is 13.1. The lowest BCUT2D eigenvalue weighted by atomic mass is 10.1. The zero-order chi connectivity index (χ0) is 20.8. The first kappa shape index (κ1) is 20.3. The lowest BCUT2D eigenvalue weighted by Crippen LogP contribution is -2.34. The third-order valence-corrected chi connectivity index (χ3v) is 4.38. The summed E-state index contributed by atoms with van der Waals surface area (Å²) in [6.07, 6.45) is 3.09. The number of para-hydroxylation sites is 1. The van der Waals surface area contributed by atoms with Crippen molar-refractivity contribution in [2.24, 2.45) is 0 Å². The molecule has 0 aliphatic rings. The van der Waals surface area contributed by atoms with Gasteiger partial charge in [-0.2, -0.15) is 0 Å². The van der Waals surface area contributed by atoms with E-state index in [0.717, 1.165) is 0 Å². The second kappa shape index (κ2) is 9.16. The van der Waals surface area contributed by atoms with Crippen molar-refractivity contribution in [3.8, 4) is 0 Å². The molecule has 0 saturated carbocycles. The molecule has 0 fully saturated rings. The van der Waals surface area contributed by atoms with Crippen molar-refractivity contribution in [2.45, 2.75) is 0 Å². The van der Waals surface area contributed by atoms with Crippen LogP contribution < -0.4 is 15.5 Å². The number of furan rings is 1. The van der Waals surface area contributed by atoms with Crippen molar-refractivity contribution in [2.75, 3.05) is 23.8 Å². The Hall–Kier alpha value is -3.46. The van der Waals surface area contributed by atoms with Gasteiger partial charge in [0.25, 0.3) is 11.8 Å². The van der Waals surface area contributed by atoms with Crippen molar-refractivity contribution in [1.29, 1.82) is 0 Å². The molecule has 0 atom stereocenters. The second-order valence-corrected chi connectivity index (χ2v) is 6.74. The molecule has 148 valence electrons. The summed E-state index contributed by atoms with van der Waals surface area (Å²) >= 11 is 3.16. The zero-order valence-corrected chi connectivity index (χ0v) is 17.0. The molecule has 0 saturated heterocycles. The Balaban J connectivity index is 1.68. The van der Waals surface area contributed by atoms with Gasteiger partial charge < -0.3 is 20.0 Å². The predicted molar refractivity (Wildman–Crippen MR) is 111 cm³/mol. The van der Waals surface area contributed by atoms with Crippen LogP contribution in [-0.2, 0) is 4.79 Å². The fourth-order valence-corrected chi connectivity index (χ4v) is 2.87. The van der Waals surface area contributed by atoms with Gasteiger partial charge in [-0.15, -0.1) is 0 Å². The number of rotatable bonds is 6. The van der Waals surface area contributed by atoms with Crippen LogP contribution in [0.15, 0.2) is 70.0 Å². The van der Waals surface area contributed by atoms with Gasteiger partial charge >= 0.3 is 0 Å². The number of amides is 3. The maximum absolute atomic E-state index is 12.6.